The lowest BCUT2D eigenvalue weighted by Gasteiger charge is -2.23. The van der Waals surface area contributed by atoms with Gasteiger partial charge in [0, 0.05) is 20.6 Å². The van der Waals surface area contributed by atoms with Gasteiger partial charge >= 0.3 is 5.97 Å². The van der Waals surface area contributed by atoms with E-state index in [0.717, 1.165) is 0 Å². The zero-order chi connectivity index (χ0) is 14.6. The largest absolute Gasteiger partial charge is 0.476 e. The molecule has 1 aromatic heterocycles. The number of likely N-dealkylation sites (N-methyl/N-ethyl adjacent to an activating group) is 2. The van der Waals surface area contributed by atoms with Crippen molar-refractivity contribution in [3.8, 4) is 0 Å². The Bertz CT molecular complexity index is 491. The Morgan fingerprint density at radius 1 is 1.37 bits per heavy atom. The first-order chi connectivity index (χ1) is 8.86. The second kappa shape index (κ2) is 6.38. The fourth-order valence-corrected chi connectivity index (χ4v) is 1.60. The van der Waals surface area contributed by atoms with E-state index < -0.39 is 5.97 Å². The van der Waals surface area contributed by atoms with E-state index in [1.54, 1.807) is 25.1 Å². The Kier molecular flexibility index (Phi) is 5.11. The van der Waals surface area contributed by atoms with Crippen LogP contribution in [0.15, 0.2) is 12.1 Å². The van der Waals surface area contributed by atoms with Crippen molar-refractivity contribution >= 4 is 29.3 Å². The Morgan fingerprint density at radius 2 is 2.00 bits per heavy atom. The number of carbonyl (C=O) groups is 2. The fourth-order valence-electron chi connectivity index (χ4n) is 1.42. The minimum atomic E-state index is -1.19. The molecule has 0 fully saturated rings. The molecule has 1 amide bonds. The molecule has 6 nitrogen and oxygen atoms in total. The molecule has 1 heterocycles. The van der Waals surface area contributed by atoms with Crippen molar-refractivity contribution in [1.29, 1.82) is 0 Å². The molecule has 7 heteroatoms. The lowest BCUT2D eigenvalue weighted by atomic mass is 10.3. The maximum absolute atomic E-state index is 11.7. The van der Waals surface area contributed by atoms with Gasteiger partial charge in [0.15, 0.2) is 5.69 Å². The van der Waals surface area contributed by atoms with Gasteiger partial charge in [0.2, 0.25) is 5.91 Å². The van der Waals surface area contributed by atoms with E-state index in [1.807, 2.05) is 6.92 Å². The molecule has 0 aliphatic carbocycles. The molecule has 1 rings (SSSR count). The Balaban J connectivity index is 3.02. The third-order valence-electron chi connectivity index (χ3n) is 2.56. The van der Waals surface area contributed by atoms with Crippen LogP contribution in [0.25, 0.3) is 0 Å². The molecule has 0 bridgehead atoms. The van der Waals surface area contributed by atoms with Crippen LogP contribution in [0.1, 0.15) is 17.4 Å². The van der Waals surface area contributed by atoms with E-state index >= 15 is 0 Å². The van der Waals surface area contributed by atoms with Crippen molar-refractivity contribution in [2.24, 2.45) is 0 Å². The second-order valence-corrected chi connectivity index (χ2v) is 4.51. The number of carboxylic acid groups (broad SMARTS) is 1. The van der Waals surface area contributed by atoms with Crippen molar-refractivity contribution in [2.75, 3.05) is 32.1 Å². The van der Waals surface area contributed by atoms with Gasteiger partial charge in [0.1, 0.15) is 5.82 Å². The number of hydrogen-bond donors (Lipinski definition) is 1. The van der Waals surface area contributed by atoms with Crippen LogP contribution in [0.3, 0.4) is 0 Å². The first kappa shape index (κ1) is 15.2. The molecule has 0 unspecified atom stereocenters. The van der Waals surface area contributed by atoms with E-state index in [1.165, 1.54) is 11.0 Å². The van der Waals surface area contributed by atoms with E-state index in [4.69, 9.17) is 16.7 Å². The summed E-state index contributed by atoms with van der Waals surface area (Å²) in [4.78, 5) is 29.8. The molecule has 0 aliphatic rings. The number of halogens is 1. The number of carboxylic acids is 1. The van der Waals surface area contributed by atoms with Gasteiger partial charge in [-0.15, -0.1) is 0 Å². The van der Waals surface area contributed by atoms with Gasteiger partial charge in [0.05, 0.1) is 11.6 Å². The van der Waals surface area contributed by atoms with Gasteiger partial charge in [0.25, 0.3) is 0 Å². The highest BCUT2D eigenvalue weighted by atomic mass is 35.5. The van der Waals surface area contributed by atoms with Crippen molar-refractivity contribution in [3.63, 3.8) is 0 Å². The van der Waals surface area contributed by atoms with E-state index in [-0.39, 0.29) is 23.2 Å². The molecule has 104 valence electrons. The van der Waals surface area contributed by atoms with E-state index in [9.17, 15) is 9.59 Å². The number of amides is 1. The van der Waals surface area contributed by atoms with Crippen LogP contribution in [-0.4, -0.2) is 54.1 Å². The Hall–Kier alpha value is -1.82. The molecule has 0 aliphatic heterocycles. The predicted molar refractivity (Wildman–Crippen MR) is 72.8 cm³/mol. The zero-order valence-corrected chi connectivity index (χ0v) is 11.8. The molecule has 0 atom stereocenters. The lowest BCUT2D eigenvalue weighted by Crippen LogP contribution is -2.37. The van der Waals surface area contributed by atoms with Gasteiger partial charge < -0.3 is 14.9 Å². The van der Waals surface area contributed by atoms with Gasteiger partial charge in [-0.05, 0) is 19.1 Å². The summed E-state index contributed by atoms with van der Waals surface area (Å²) in [6.45, 7) is 2.53. The molecule has 0 saturated carbocycles. The average molecular weight is 286 g/mol. The maximum Gasteiger partial charge on any atom is 0.356 e. The van der Waals surface area contributed by atoms with Crippen molar-refractivity contribution < 1.29 is 14.7 Å². The molecule has 1 N–H and O–H groups in total. The first-order valence-corrected chi connectivity index (χ1v) is 6.09. The van der Waals surface area contributed by atoms with Crippen LogP contribution in [0, 0.1) is 0 Å². The third kappa shape index (κ3) is 3.82. The number of anilines is 1. The number of rotatable bonds is 5. The van der Waals surface area contributed by atoms with Crippen molar-refractivity contribution in [2.45, 2.75) is 6.92 Å². The maximum atomic E-state index is 11.7. The van der Waals surface area contributed by atoms with Crippen LogP contribution >= 0.6 is 11.6 Å². The summed E-state index contributed by atoms with van der Waals surface area (Å²) >= 11 is 5.76. The summed E-state index contributed by atoms with van der Waals surface area (Å²) in [5, 5.41) is 9.05. The van der Waals surface area contributed by atoms with E-state index in [2.05, 4.69) is 4.98 Å². The molecule has 19 heavy (non-hydrogen) atoms. The molecular weight excluding hydrogens is 270 g/mol. The zero-order valence-electron chi connectivity index (χ0n) is 11.1. The van der Waals surface area contributed by atoms with Crippen LogP contribution in [-0.2, 0) is 4.79 Å². The SMILES string of the molecule is CCN(CC(=O)N(C)C)c1ccc(Cl)c(C(=O)O)n1. The van der Waals surface area contributed by atoms with Crippen molar-refractivity contribution in [3.05, 3.63) is 22.8 Å². The monoisotopic (exact) mass is 285 g/mol. The number of carbonyl (C=O) groups excluding carboxylic acids is 1. The Morgan fingerprint density at radius 3 is 2.47 bits per heavy atom. The smallest absolute Gasteiger partial charge is 0.356 e. The summed E-state index contributed by atoms with van der Waals surface area (Å²) in [5.74, 6) is -0.864. The number of pyridine rings is 1. The van der Waals surface area contributed by atoms with Gasteiger partial charge in [-0.3, -0.25) is 4.79 Å². The molecule has 1 aromatic rings. The number of nitrogens with zero attached hydrogens (tertiary/aromatic N) is 3. The van der Waals surface area contributed by atoms with Crippen LogP contribution in [0.4, 0.5) is 5.82 Å². The predicted octanol–water partition coefficient (Wildman–Crippen LogP) is 1.35. The standard InChI is InChI=1S/C12H16ClN3O3/c1-4-16(7-10(17)15(2)3)9-6-5-8(13)11(14-9)12(18)19/h5-6H,4,7H2,1-3H3,(H,18,19). The van der Waals surface area contributed by atoms with Crippen LogP contribution in [0.5, 0.6) is 0 Å². The topological polar surface area (TPSA) is 73.7 Å². The molecule has 0 spiro atoms. The third-order valence-corrected chi connectivity index (χ3v) is 2.87. The minimum absolute atomic E-state index is 0.0752. The molecule has 0 radical (unpaired) electrons. The second-order valence-electron chi connectivity index (χ2n) is 4.11. The minimum Gasteiger partial charge on any atom is -0.476 e. The highest BCUT2D eigenvalue weighted by Gasteiger charge is 2.16. The average Bonchev–Trinajstić information content (AvgIpc) is 2.35. The fraction of sp³-hybridized carbons (Fsp3) is 0.417. The quantitative estimate of drug-likeness (QED) is 0.884. The summed E-state index contributed by atoms with van der Waals surface area (Å²) in [6.07, 6.45) is 0. The van der Waals surface area contributed by atoms with Gasteiger partial charge in [-0.25, -0.2) is 9.78 Å². The van der Waals surface area contributed by atoms with Crippen LogP contribution in [0.2, 0.25) is 5.02 Å². The molecular formula is C12H16ClN3O3. The molecule has 0 saturated heterocycles. The number of hydrogen-bond acceptors (Lipinski definition) is 4. The summed E-state index contributed by atoms with van der Waals surface area (Å²) < 4.78 is 0. The van der Waals surface area contributed by atoms with Gasteiger partial charge in [-0.1, -0.05) is 11.6 Å². The Labute approximate surface area is 116 Å². The van der Waals surface area contributed by atoms with Gasteiger partial charge in [-0.2, -0.15) is 0 Å². The highest BCUT2D eigenvalue weighted by molar-refractivity contribution is 6.33. The highest BCUT2D eigenvalue weighted by Crippen LogP contribution is 2.19. The summed E-state index contributed by atoms with van der Waals surface area (Å²) in [6, 6.07) is 3.07. The normalized spacial score (nSPS) is 10.1. The summed E-state index contributed by atoms with van der Waals surface area (Å²) in [7, 11) is 3.32. The van der Waals surface area contributed by atoms with E-state index in [0.29, 0.717) is 12.4 Å². The first-order valence-electron chi connectivity index (χ1n) is 5.71. The number of aromatic carboxylic acids is 1. The summed E-state index contributed by atoms with van der Waals surface area (Å²) in [5.41, 5.74) is -0.213. The van der Waals surface area contributed by atoms with Crippen LogP contribution < -0.4 is 4.90 Å². The number of aromatic nitrogens is 1. The lowest BCUT2D eigenvalue weighted by molar-refractivity contribution is -0.127. The van der Waals surface area contributed by atoms with Crippen molar-refractivity contribution in [1.82, 2.24) is 9.88 Å². The molecule has 0 aromatic carbocycles.